The van der Waals surface area contributed by atoms with E-state index in [-0.39, 0.29) is 18.2 Å². The maximum atomic E-state index is 13.3. The van der Waals surface area contributed by atoms with Crippen LogP contribution in [0.4, 0.5) is 13.2 Å². The predicted octanol–water partition coefficient (Wildman–Crippen LogP) is 2.98. The van der Waals surface area contributed by atoms with Gasteiger partial charge in [0.25, 0.3) is 0 Å². The maximum absolute atomic E-state index is 13.3. The van der Waals surface area contributed by atoms with Crippen molar-refractivity contribution in [2.45, 2.75) is 25.6 Å². The lowest BCUT2D eigenvalue weighted by atomic mass is 10.0. The highest BCUT2D eigenvalue weighted by molar-refractivity contribution is 5.27. The molecular formula is C17H18F3NO2. The molecule has 2 aromatic rings. The molecule has 2 rings (SSSR count). The van der Waals surface area contributed by atoms with Crippen LogP contribution in [0.5, 0.6) is 0 Å². The molecule has 0 saturated heterocycles. The van der Waals surface area contributed by atoms with Crippen molar-refractivity contribution in [3.05, 3.63) is 70.5 Å². The van der Waals surface area contributed by atoms with Crippen LogP contribution in [0.15, 0.2) is 36.4 Å². The van der Waals surface area contributed by atoms with Crippen molar-refractivity contribution in [2.75, 3.05) is 6.61 Å². The van der Waals surface area contributed by atoms with E-state index in [0.717, 1.165) is 23.3 Å². The van der Waals surface area contributed by atoms with E-state index in [1.165, 1.54) is 0 Å². The Hall–Kier alpha value is -1.89. The lowest BCUT2D eigenvalue weighted by molar-refractivity contribution is 0.234. The second-order valence-electron chi connectivity index (χ2n) is 5.33. The zero-order valence-corrected chi connectivity index (χ0v) is 12.6. The van der Waals surface area contributed by atoms with Crippen LogP contribution >= 0.6 is 0 Å². The van der Waals surface area contributed by atoms with E-state index in [0.29, 0.717) is 0 Å². The molecule has 0 saturated carbocycles. The van der Waals surface area contributed by atoms with Gasteiger partial charge in [0, 0.05) is 6.04 Å². The van der Waals surface area contributed by atoms with Gasteiger partial charge in [-0.25, -0.2) is 13.2 Å². The smallest absolute Gasteiger partial charge is 0.194 e. The number of hydrogen-bond donors (Lipinski definition) is 3. The highest BCUT2D eigenvalue weighted by atomic mass is 19.2. The Labute approximate surface area is 132 Å². The van der Waals surface area contributed by atoms with Crippen LogP contribution in [-0.2, 0) is 6.61 Å². The molecular weight excluding hydrogens is 307 g/mol. The molecule has 6 heteroatoms. The standard InChI is InChI=1S/C17H18F3NO2/c1-10(12-4-2-3-11(5-12)8-22)21-16(9-23)13-6-14(18)17(20)15(19)7-13/h2-7,10,16,21-23H,8-9H2,1H3. The van der Waals surface area contributed by atoms with Crippen LogP contribution in [0.3, 0.4) is 0 Å². The Morgan fingerprint density at radius 2 is 1.65 bits per heavy atom. The van der Waals surface area contributed by atoms with Gasteiger partial charge < -0.3 is 15.5 Å². The zero-order valence-electron chi connectivity index (χ0n) is 12.6. The van der Waals surface area contributed by atoms with E-state index in [1.807, 2.05) is 13.0 Å². The lowest BCUT2D eigenvalue weighted by Crippen LogP contribution is -2.27. The molecule has 0 aromatic heterocycles. The Bertz CT molecular complexity index is 656. The lowest BCUT2D eigenvalue weighted by Gasteiger charge is -2.23. The van der Waals surface area contributed by atoms with Crippen molar-refractivity contribution in [1.29, 1.82) is 0 Å². The third kappa shape index (κ3) is 4.10. The SMILES string of the molecule is CC(NC(CO)c1cc(F)c(F)c(F)c1)c1cccc(CO)c1. The zero-order chi connectivity index (χ0) is 17.0. The first-order valence-corrected chi connectivity index (χ1v) is 7.17. The van der Waals surface area contributed by atoms with Gasteiger partial charge in [-0.2, -0.15) is 0 Å². The molecule has 0 aliphatic heterocycles. The Morgan fingerprint density at radius 1 is 1.00 bits per heavy atom. The number of hydrogen-bond acceptors (Lipinski definition) is 3. The maximum Gasteiger partial charge on any atom is 0.194 e. The van der Waals surface area contributed by atoms with Crippen molar-refractivity contribution in [1.82, 2.24) is 5.32 Å². The molecule has 0 amide bonds. The second kappa shape index (κ2) is 7.59. The van der Waals surface area contributed by atoms with Crippen LogP contribution in [-0.4, -0.2) is 16.8 Å². The summed E-state index contributed by atoms with van der Waals surface area (Å²) in [6.07, 6.45) is 0. The monoisotopic (exact) mass is 325 g/mol. The average molecular weight is 325 g/mol. The van der Waals surface area contributed by atoms with E-state index >= 15 is 0 Å². The molecule has 0 heterocycles. The average Bonchev–Trinajstić information content (AvgIpc) is 2.56. The molecule has 2 atom stereocenters. The van der Waals surface area contributed by atoms with Crippen LogP contribution in [0, 0.1) is 17.5 Å². The topological polar surface area (TPSA) is 52.5 Å². The fourth-order valence-corrected chi connectivity index (χ4v) is 2.39. The van der Waals surface area contributed by atoms with Gasteiger partial charge in [0.1, 0.15) is 0 Å². The Morgan fingerprint density at radius 3 is 2.22 bits per heavy atom. The molecule has 0 fully saturated rings. The van der Waals surface area contributed by atoms with E-state index in [9.17, 15) is 18.3 Å². The summed E-state index contributed by atoms with van der Waals surface area (Å²) in [7, 11) is 0. The molecule has 2 unspecified atom stereocenters. The van der Waals surface area contributed by atoms with E-state index < -0.39 is 30.1 Å². The first-order chi connectivity index (χ1) is 11.0. The summed E-state index contributed by atoms with van der Waals surface area (Å²) in [6.45, 7) is 1.31. The first kappa shape index (κ1) is 17.5. The van der Waals surface area contributed by atoms with Crippen molar-refractivity contribution in [3.8, 4) is 0 Å². The van der Waals surface area contributed by atoms with Crippen molar-refractivity contribution < 1.29 is 23.4 Å². The van der Waals surface area contributed by atoms with Crippen molar-refractivity contribution in [2.24, 2.45) is 0 Å². The molecule has 2 aromatic carbocycles. The van der Waals surface area contributed by atoms with Gasteiger partial charge in [-0.05, 0) is 35.7 Å². The third-order valence-electron chi connectivity index (χ3n) is 3.68. The fraction of sp³-hybridized carbons (Fsp3) is 0.294. The summed E-state index contributed by atoms with van der Waals surface area (Å²) in [6, 6.07) is 7.89. The van der Waals surface area contributed by atoms with Gasteiger partial charge in [0.15, 0.2) is 17.5 Å². The van der Waals surface area contributed by atoms with Crippen LogP contribution in [0.2, 0.25) is 0 Å². The summed E-state index contributed by atoms with van der Waals surface area (Å²) in [5.41, 5.74) is 1.70. The van der Waals surface area contributed by atoms with E-state index in [2.05, 4.69) is 5.32 Å². The van der Waals surface area contributed by atoms with Gasteiger partial charge in [0.05, 0.1) is 19.3 Å². The summed E-state index contributed by atoms with van der Waals surface area (Å²) >= 11 is 0. The fourth-order valence-electron chi connectivity index (χ4n) is 2.39. The molecule has 3 N–H and O–H groups in total. The number of benzene rings is 2. The molecule has 0 spiro atoms. The molecule has 3 nitrogen and oxygen atoms in total. The Balaban J connectivity index is 2.21. The molecule has 0 bridgehead atoms. The van der Waals surface area contributed by atoms with Crippen LogP contribution < -0.4 is 5.32 Å². The molecule has 0 radical (unpaired) electrons. The van der Waals surface area contributed by atoms with E-state index in [1.54, 1.807) is 18.2 Å². The van der Waals surface area contributed by atoms with Crippen LogP contribution in [0.25, 0.3) is 0 Å². The predicted molar refractivity (Wildman–Crippen MR) is 80.1 cm³/mol. The summed E-state index contributed by atoms with van der Waals surface area (Å²) < 4.78 is 39.7. The minimum absolute atomic E-state index is 0.0988. The largest absolute Gasteiger partial charge is 0.394 e. The molecule has 0 aliphatic rings. The normalized spacial score (nSPS) is 13.8. The molecule has 124 valence electrons. The van der Waals surface area contributed by atoms with Gasteiger partial charge in [0.2, 0.25) is 0 Å². The minimum Gasteiger partial charge on any atom is -0.394 e. The number of halogens is 3. The molecule has 0 aliphatic carbocycles. The number of aliphatic hydroxyl groups excluding tert-OH is 2. The molecule has 23 heavy (non-hydrogen) atoms. The first-order valence-electron chi connectivity index (χ1n) is 7.17. The second-order valence-corrected chi connectivity index (χ2v) is 5.33. The quantitative estimate of drug-likeness (QED) is 0.716. The van der Waals surface area contributed by atoms with Crippen molar-refractivity contribution in [3.63, 3.8) is 0 Å². The third-order valence-corrected chi connectivity index (χ3v) is 3.68. The van der Waals surface area contributed by atoms with E-state index in [4.69, 9.17) is 5.11 Å². The highest BCUT2D eigenvalue weighted by Gasteiger charge is 2.19. The Kier molecular flexibility index (Phi) is 5.76. The summed E-state index contributed by atoms with van der Waals surface area (Å²) in [4.78, 5) is 0. The van der Waals surface area contributed by atoms with Gasteiger partial charge >= 0.3 is 0 Å². The summed E-state index contributed by atoms with van der Waals surface area (Å²) in [5, 5.41) is 21.7. The number of aliphatic hydroxyl groups is 2. The van der Waals surface area contributed by atoms with Crippen LogP contribution in [0.1, 0.15) is 35.7 Å². The number of nitrogens with one attached hydrogen (secondary N) is 1. The van der Waals surface area contributed by atoms with Gasteiger partial charge in [-0.1, -0.05) is 24.3 Å². The summed E-state index contributed by atoms with van der Waals surface area (Å²) in [5.74, 6) is -4.13. The minimum atomic E-state index is -1.53. The number of rotatable bonds is 6. The van der Waals surface area contributed by atoms with Gasteiger partial charge in [-0.3, -0.25) is 0 Å². The van der Waals surface area contributed by atoms with Gasteiger partial charge in [-0.15, -0.1) is 0 Å². The highest BCUT2D eigenvalue weighted by Crippen LogP contribution is 2.23. The van der Waals surface area contributed by atoms with Crippen molar-refractivity contribution >= 4 is 0 Å².